The Labute approximate surface area is 175 Å². The van der Waals surface area contributed by atoms with Gasteiger partial charge in [-0.15, -0.1) is 10.2 Å². The molecule has 1 aliphatic rings. The second kappa shape index (κ2) is 9.37. The van der Waals surface area contributed by atoms with Crippen LogP contribution < -0.4 is 10.6 Å². The molecule has 1 aromatic carbocycles. The summed E-state index contributed by atoms with van der Waals surface area (Å²) in [7, 11) is -1.94. The monoisotopic (exact) mass is 463 g/mol. The van der Waals surface area contributed by atoms with Gasteiger partial charge in [-0.1, -0.05) is 34.7 Å². The zero-order valence-corrected chi connectivity index (χ0v) is 18.1. The lowest BCUT2D eigenvalue weighted by Crippen LogP contribution is -2.40. The SMILES string of the molecule is CNc1nnc(SCC(=O)Nc2cc(S(=O)(=O)N3CCOCC3)ccc2Cl)s1. The number of rotatable bonds is 7. The van der Waals surface area contributed by atoms with Crippen molar-refractivity contribution in [1.82, 2.24) is 14.5 Å². The molecule has 1 amide bonds. The molecule has 0 aliphatic carbocycles. The minimum Gasteiger partial charge on any atom is -0.379 e. The third-order valence-electron chi connectivity index (χ3n) is 3.77. The summed E-state index contributed by atoms with van der Waals surface area (Å²) in [6.07, 6.45) is 0. The molecule has 2 aromatic rings. The highest BCUT2D eigenvalue weighted by atomic mass is 35.5. The minimum atomic E-state index is -3.68. The lowest BCUT2D eigenvalue weighted by atomic mass is 10.3. The Morgan fingerprint density at radius 2 is 2.11 bits per heavy atom. The second-order valence-corrected chi connectivity index (χ2v) is 10.2. The van der Waals surface area contributed by atoms with Crippen molar-refractivity contribution in [3.8, 4) is 0 Å². The maximum absolute atomic E-state index is 12.8. The predicted molar refractivity (Wildman–Crippen MR) is 110 cm³/mol. The first-order chi connectivity index (χ1) is 13.4. The molecule has 1 fully saturated rings. The van der Waals surface area contributed by atoms with Gasteiger partial charge in [-0.05, 0) is 18.2 Å². The van der Waals surface area contributed by atoms with E-state index >= 15 is 0 Å². The standard InChI is InChI=1S/C15H18ClN5O4S3/c1-17-14-19-20-15(27-14)26-9-13(22)18-12-8-10(2-3-11(12)16)28(23,24)21-4-6-25-7-5-21/h2-3,8H,4-7,9H2,1H3,(H,17,19)(H,18,22). The highest BCUT2D eigenvalue weighted by molar-refractivity contribution is 8.01. The van der Waals surface area contributed by atoms with Gasteiger partial charge >= 0.3 is 0 Å². The molecule has 1 saturated heterocycles. The summed E-state index contributed by atoms with van der Waals surface area (Å²) in [6, 6.07) is 4.26. The number of benzene rings is 1. The van der Waals surface area contributed by atoms with Crippen molar-refractivity contribution in [2.45, 2.75) is 9.24 Å². The highest BCUT2D eigenvalue weighted by Crippen LogP contribution is 2.29. The van der Waals surface area contributed by atoms with Crippen LogP contribution in [0.1, 0.15) is 0 Å². The smallest absolute Gasteiger partial charge is 0.243 e. The molecule has 1 aromatic heterocycles. The van der Waals surface area contributed by atoms with Gasteiger partial charge in [0.1, 0.15) is 0 Å². The highest BCUT2D eigenvalue weighted by Gasteiger charge is 2.27. The number of sulfonamides is 1. The van der Waals surface area contributed by atoms with Gasteiger partial charge in [0.2, 0.25) is 21.1 Å². The Balaban J connectivity index is 1.68. The van der Waals surface area contributed by atoms with Crippen molar-refractivity contribution >= 4 is 61.4 Å². The van der Waals surface area contributed by atoms with E-state index in [1.165, 1.54) is 45.6 Å². The quantitative estimate of drug-likeness (QED) is 0.599. The average molecular weight is 464 g/mol. The van der Waals surface area contributed by atoms with Gasteiger partial charge in [-0.25, -0.2) is 8.42 Å². The van der Waals surface area contributed by atoms with Gasteiger partial charge < -0.3 is 15.4 Å². The van der Waals surface area contributed by atoms with Crippen molar-refractivity contribution in [3.63, 3.8) is 0 Å². The molecule has 0 unspecified atom stereocenters. The molecule has 152 valence electrons. The van der Waals surface area contributed by atoms with Crippen LogP contribution in [0.15, 0.2) is 27.4 Å². The molecule has 28 heavy (non-hydrogen) atoms. The van der Waals surface area contributed by atoms with Crippen LogP contribution in [0, 0.1) is 0 Å². The molecule has 2 N–H and O–H groups in total. The van der Waals surface area contributed by atoms with E-state index in [4.69, 9.17) is 16.3 Å². The Morgan fingerprint density at radius 3 is 2.79 bits per heavy atom. The number of ether oxygens (including phenoxy) is 1. The molecule has 0 atom stereocenters. The fraction of sp³-hybridized carbons (Fsp3) is 0.400. The number of carbonyl (C=O) groups excluding carboxylic acids is 1. The van der Waals surface area contributed by atoms with Crippen LogP contribution in [0.25, 0.3) is 0 Å². The topological polar surface area (TPSA) is 114 Å². The van der Waals surface area contributed by atoms with Gasteiger partial charge in [0.05, 0.1) is 34.6 Å². The first kappa shape index (κ1) is 21.3. The summed E-state index contributed by atoms with van der Waals surface area (Å²) in [5.74, 6) is -0.233. The van der Waals surface area contributed by atoms with E-state index in [1.807, 2.05) is 0 Å². The first-order valence-corrected chi connectivity index (χ1v) is 11.8. The average Bonchev–Trinajstić information content (AvgIpc) is 3.17. The zero-order valence-electron chi connectivity index (χ0n) is 14.8. The fourth-order valence-corrected chi connectivity index (χ4v) is 5.48. The van der Waals surface area contributed by atoms with Crippen LogP contribution in [-0.4, -0.2) is 67.9 Å². The Hall–Kier alpha value is -1.44. The molecule has 1 aliphatic heterocycles. The second-order valence-electron chi connectivity index (χ2n) is 5.62. The number of aromatic nitrogens is 2. The summed E-state index contributed by atoms with van der Waals surface area (Å²) < 4.78 is 32.7. The first-order valence-electron chi connectivity index (χ1n) is 8.21. The number of anilines is 2. The predicted octanol–water partition coefficient (Wildman–Crippen LogP) is 1.98. The van der Waals surface area contributed by atoms with Crippen LogP contribution >= 0.6 is 34.7 Å². The molecule has 0 radical (unpaired) electrons. The molecule has 9 nitrogen and oxygen atoms in total. The maximum Gasteiger partial charge on any atom is 0.243 e. The van der Waals surface area contributed by atoms with Crippen molar-refractivity contribution in [1.29, 1.82) is 0 Å². The number of nitrogens with one attached hydrogen (secondary N) is 2. The number of hydrogen-bond acceptors (Lipinski definition) is 9. The molecular formula is C15H18ClN5O4S3. The number of nitrogens with zero attached hydrogens (tertiary/aromatic N) is 3. The maximum atomic E-state index is 12.8. The van der Waals surface area contributed by atoms with E-state index in [9.17, 15) is 13.2 Å². The largest absolute Gasteiger partial charge is 0.379 e. The van der Waals surface area contributed by atoms with Crippen molar-refractivity contribution in [2.24, 2.45) is 0 Å². The third-order valence-corrected chi connectivity index (χ3v) is 8.07. The van der Waals surface area contributed by atoms with Crippen LogP contribution in [0.3, 0.4) is 0 Å². The van der Waals surface area contributed by atoms with E-state index in [0.717, 1.165) is 0 Å². The van der Waals surface area contributed by atoms with Gasteiger partial charge in [-0.3, -0.25) is 4.79 Å². The summed E-state index contributed by atoms with van der Waals surface area (Å²) in [5, 5.41) is 14.3. The van der Waals surface area contributed by atoms with E-state index in [-0.39, 0.29) is 27.3 Å². The van der Waals surface area contributed by atoms with Crippen molar-refractivity contribution < 1.29 is 17.9 Å². The molecule has 0 bridgehead atoms. The summed E-state index contributed by atoms with van der Waals surface area (Å²) in [4.78, 5) is 12.3. The van der Waals surface area contributed by atoms with Gasteiger partial charge in [0.15, 0.2) is 4.34 Å². The number of hydrogen-bond donors (Lipinski definition) is 2. The lowest BCUT2D eigenvalue weighted by molar-refractivity contribution is -0.113. The van der Waals surface area contributed by atoms with Crippen molar-refractivity contribution in [3.05, 3.63) is 23.2 Å². The molecular weight excluding hydrogens is 446 g/mol. The number of carbonyl (C=O) groups is 1. The number of amides is 1. The normalized spacial score (nSPS) is 15.4. The Morgan fingerprint density at radius 1 is 1.36 bits per heavy atom. The van der Waals surface area contributed by atoms with Crippen LogP contribution in [0.2, 0.25) is 5.02 Å². The minimum absolute atomic E-state index is 0.0736. The number of halogens is 1. The molecule has 0 spiro atoms. The summed E-state index contributed by atoms with van der Waals surface area (Å²) in [6.45, 7) is 1.29. The van der Waals surface area contributed by atoms with Crippen LogP contribution in [-0.2, 0) is 19.6 Å². The molecule has 0 saturated carbocycles. The Kier molecular flexibility index (Phi) is 7.12. The van der Waals surface area contributed by atoms with Crippen LogP contribution in [0.5, 0.6) is 0 Å². The van der Waals surface area contributed by atoms with E-state index in [2.05, 4.69) is 20.8 Å². The number of morpholine rings is 1. The third kappa shape index (κ3) is 5.13. The fourth-order valence-electron chi connectivity index (χ4n) is 2.38. The van der Waals surface area contributed by atoms with E-state index < -0.39 is 10.0 Å². The summed E-state index contributed by atoms with van der Waals surface area (Å²) in [5.41, 5.74) is 0.245. The van der Waals surface area contributed by atoms with Gasteiger partial charge in [0.25, 0.3) is 0 Å². The van der Waals surface area contributed by atoms with Crippen LogP contribution in [0.4, 0.5) is 10.8 Å². The van der Waals surface area contributed by atoms with Gasteiger partial charge in [0, 0.05) is 20.1 Å². The van der Waals surface area contributed by atoms with Gasteiger partial charge in [-0.2, -0.15) is 4.31 Å². The van der Waals surface area contributed by atoms with E-state index in [0.29, 0.717) is 35.8 Å². The number of thioether (sulfide) groups is 1. The van der Waals surface area contributed by atoms with E-state index in [1.54, 1.807) is 7.05 Å². The molecule has 3 rings (SSSR count). The van der Waals surface area contributed by atoms with Crippen molar-refractivity contribution in [2.75, 3.05) is 49.7 Å². The zero-order chi connectivity index (χ0) is 20.1. The Bertz CT molecular complexity index is 947. The molecule has 13 heteroatoms. The molecule has 2 heterocycles. The lowest BCUT2D eigenvalue weighted by Gasteiger charge is -2.26. The summed E-state index contributed by atoms with van der Waals surface area (Å²) >= 11 is 8.70.